The minimum atomic E-state index is 0.467. The van der Waals surface area contributed by atoms with Crippen LogP contribution < -0.4 is 0 Å². The predicted octanol–water partition coefficient (Wildman–Crippen LogP) is 2.77. The SMILES string of the molecule is CC(C)N1CCC2(CCc3ncccc32)CC1. The molecule has 1 aromatic heterocycles. The molecule has 0 bridgehead atoms. The summed E-state index contributed by atoms with van der Waals surface area (Å²) in [5, 5.41) is 0. The molecule has 1 aliphatic heterocycles. The van der Waals surface area contributed by atoms with Crippen LogP contribution in [0.5, 0.6) is 0 Å². The molecule has 1 saturated heterocycles. The number of rotatable bonds is 1. The third kappa shape index (κ3) is 1.79. The van der Waals surface area contributed by atoms with Gasteiger partial charge >= 0.3 is 0 Å². The summed E-state index contributed by atoms with van der Waals surface area (Å²) >= 11 is 0. The number of piperidine rings is 1. The molecule has 0 unspecified atom stereocenters. The van der Waals surface area contributed by atoms with Crippen molar-refractivity contribution in [2.75, 3.05) is 13.1 Å². The summed E-state index contributed by atoms with van der Waals surface area (Å²) in [7, 11) is 0. The predicted molar refractivity (Wildman–Crippen MR) is 70.2 cm³/mol. The van der Waals surface area contributed by atoms with E-state index in [9.17, 15) is 0 Å². The van der Waals surface area contributed by atoms with Crippen LogP contribution in [0.4, 0.5) is 0 Å². The standard InChI is InChI=1S/C15H22N2/c1-12(2)17-10-7-15(8-11-17)6-5-14-13(15)4-3-9-16-14/h3-4,9,12H,5-8,10-11H2,1-2H3. The number of nitrogens with zero attached hydrogens (tertiary/aromatic N) is 2. The molecule has 1 aliphatic carbocycles. The van der Waals surface area contributed by atoms with Gasteiger partial charge in [0, 0.05) is 17.9 Å². The lowest BCUT2D eigenvalue weighted by Crippen LogP contribution is -2.44. The van der Waals surface area contributed by atoms with Gasteiger partial charge in [-0.25, -0.2) is 0 Å². The molecule has 2 aliphatic rings. The number of aromatic nitrogens is 1. The molecule has 0 saturated carbocycles. The Morgan fingerprint density at radius 2 is 2.00 bits per heavy atom. The lowest BCUT2D eigenvalue weighted by atomic mass is 9.74. The lowest BCUT2D eigenvalue weighted by Gasteiger charge is -2.41. The largest absolute Gasteiger partial charge is 0.301 e. The van der Waals surface area contributed by atoms with Crippen LogP contribution in [-0.2, 0) is 11.8 Å². The highest BCUT2D eigenvalue weighted by atomic mass is 15.2. The average Bonchev–Trinajstić information content (AvgIpc) is 2.70. The van der Waals surface area contributed by atoms with Crippen LogP contribution in [0.3, 0.4) is 0 Å². The van der Waals surface area contributed by atoms with Crippen LogP contribution in [-0.4, -0.2) is 29.0 Å². The summed E-state index contributed by atoms with van der Waals surface area (Å²) in [4.78, 5) is 7.16. The van der Waals surface area contributed by atoms with Crippen LogP contribution >= 0.6 is 0 Å². The molecular formula is C15H22N2. The molecule has 1 fully saturated rings. The van der Waals surface area contributed by atoms with Crippen LogP contribution in [0.2, 0.25) is 0 Å². The second-order valence-electron chi connectivity index (χ2n) is 5.91. The van der Waals surface area contributed by atoms with E-state index in [-0.39, 0.29) is 0 Å². The topological polar surface area (TPSA) is 16.1 Å². The highest BCUT2D eigenvalue weighted by Crippen LogP contribution is 2.45. The van der Waals surface area contributed by atoms with E-state index in [0.717, 1.165) is 0 Å². The van der Waals surface area contributed by atoms with E-state index in [4.69, 9.17) is 0 Å². The molecule has 1 aromatic rings. The van der Waals surface area contributed by atoms with Gasteiger partial charge in [0.2, 0.25) is 0 Å². The molecule has 0 amide bonds. The van der Waals surface area contributed by atoms with E-state index in [1.165, 1.54) is 44.5 Å². The second kappa shape index (κ2) is 4.09. The minimum absolute atomic E-state index is 0.467. The molecule has 2 heterocycles. The van der Waals surface area contributed by atoms with Crippen molar-refractivity contribution in [1.82, 2.24) is 9.88 Å². The molecule has 17 heavy (non-hydrogen) atoms. The molecule has 92 valence electrons. The van der Waals surface area contributed by atoms with Crippen molar-refractivity contribution >= 4 is 0 Å². The maximum atomic E-state index is 4.55. The molecule has 0 aromatic carbocycles. The average molecular weight is 230 g/mol. The second-order valence-corrected chi connectivity index (χ2v) is 5.91. The van der Waals surface area contributed by atoms with Gasteiger partial charge in [0.15, 0.2) is 0 Å². The third-order valence-electron chi connectivity index (χ3n) is 4.79. The maximum Gasteiger partial charge on any atom is 0.0441 e. The zero-order valence-electron chi connectivity index (χ0n) is 10.9. The minimum Gasteiger partial charge on any atom is -0.301 e. The van der Waals surface area contributed by atoms with Gasteiger partial charge in [0.1, 0.15) is 0 Å². The van der Waals surface area contributed by atoms with Crippen molar-refractivity contribution in [1.29, 1.82) is 0 Å². The van der Waals surface area contributed by atoms with Crippen LogP contribution in [0.15, 0.2) is 18.3 Å². The smallest absolute Gasteiger partial charge is 0.0441 e. The van der Waals surface area contributed by atoms with E-state index in [1.807, 2.05) is 6.20 Å². The van der Waals surface area contributed by atoms with Crippen molar-refractivity contribution in [3.63, 3.8) is 0 Å². The van der Waals surface area contributed by atoms with Crippen molar-refractivity contribution < 1.29 is 0 Å². The first-order valence-corrected chi connectivity index (χ1v) is 6.90. The third-order valence-corrected chi connectivity index (χ3v) is 4.79. The summed E-state index contributed by atoms with van der Waals surface area (Å²) in [5.41, 5.74) is 3.39. The Morgan fingerprint density at radius 3 is 2.71 bits per heavy atom. The molecule has 3 rings (SSSR count). The Bertz CT molecular complexity index is 403. The van der Waals surface area contributed by atoms with E-state index in [0.29, 0.717) is 11.5 Å². The number of hydrogen-bond donors (Lipinski definition) is 0. The zero-order valence-corrected chi connectivity index (χ0v) is 10.9. The summed E-state index contributed by atoms with van der Waals surface area (Å²) in [6.45, 7) is 7.13. The van der Waals surface area contributed by atoms with Gasteiger partial charge in [-0.3, -0.25) is 4.98 Å². The number of aryl methyl sites for hydroxylation is 1. The van der Waals surface area contributed by atoms with Gasteiger partial charge in [-0.1, -0.05) is 6.07 Å². The Balaban J connectivity index is 1.82. The maximum absolute atomic E-state index is 4.55. The highest BCUT2D eigenvalue weighted by Gasteiger charge is 2.41. The van der Waals surface area contributed by atoms with Crippen molar-refractivity contribution in [2.45, 2.75) is 51.0 Å². The van der Waals surface area contributed by atoms with Crippen molar-refractivity contribution in [2.24, 2.45) is 0 Å². The van der Waals surface area contributed by atoms with Gasteiger partial charge in [-0.05, 0) is 69.7 Å². The summed E-state index contributed by atoms with van der Waals surface area (Å²) in [5.74, 6) is 0. The number of fused-ring (bicyclic) bond motifs is 2. The van der Waals surface area contributed by atoms with Crippen LogP contribution in [0.1, 0.15) is 44.4 Å². The molecular weight excluding hydrogens is 208 g/mol. The van der Waals surface area contributed by atoms with Gasteiger partial charge in [-0.15, -0.1) is 0 Å². The number of hydrogen-bond acceptors (Lipinski definition) is 2. The molecule has 0 radical (unpaired) electrons. The first-order valence-electron chi connectivity index (χ1n) is 6.90. The number of pyridine rings is 1. The monoisotopic (exact) mass is 230 g/mol. The number of likely N-dealkylation sites (tertiary alicyclic amines) is 1. The molecule has 0 atom stereocenters. The normalized spacial score (nSPS) is 23.2. The first-order chi connectivity index (χ1) is 8.21. The Hall–Kier alpha value is -0.890. The molecule has 0 N–H and O–H groups in total. The lowest BCUT2D eigenvalue weighted by molar-refractivity contribution is 0.129. The van der Waals surface area contributed by atoms with Crippen molar-refractivity contribution in [3.05, 3.63) is 29.6 Å². The van der Waals surface area contributed by atoms with Gasteiger partial charge in [0.05, 0.1) is 0 Å². The molecule has 2 heteroatoms. The highest BCUT2D eigenvalue weighted by molar-refractivity contribution is 5.35. The van der Waals surface area contributed by atoms with Gasteiger partial charge < -0.3 is 4.90 Å². The quantitative estimate of drug-likeness (QED) is 0.737. The summed E-state index contributed by atoms with van der Waals surface area (Å²) in [6, 6.07) is 5.13. The van der Waals surface area contributed by atoms with Crippen LogP contribution in [0.25, 0.3) is 0 Å². The Labute approximate surface area is 104 Å². The first kappa shape index (κ1) is 11.2. The Kier molecular flexibility index (Phi) is 2.70. The van der Waals surface area contributed by atoms with Crippen molar-refractivity contribution in [3.8, 4) is 0 Å². The fourth-order valence-electron chi connectivity index (χ4n) is 3.60. The van der Waals surface area contributed by atoms with Gasteiger partial charge in [-0.2, -0.15) is 0 Å². The summed E-state index contributed by atoms with van der Waals surface area (Å²) < 4.78 is 0. The molecule has 2 nitrogen and oxygen atoms in total. The fraction of sp³-hybridized carbons (Fsp3) is 0.667. The van der Waals surface area contributed by atoms with E-state index >= 15 is 0 Å². The molecule has 1 spiro atoms. The Morgan fingerprint density at radius 1 is 1.24 bits per heavy atom. The van der Waals surface area contributed by atoms with E-state index in [1.54, 1.807) is 5.56 Å². The summed E-state index contributed by atoms with van der Waals surface area (Å²) in [6.07, 6.45) is 7.11. The van der Waals surface area contributed by atoms with E-state index < -0.39 is 0 Å². The fourth-order valence-corrected chi connectivity index (χ4v) is 3.60. The van der Waals surface area contributed by atoms with E-state index in [2.05, 4.69) is 35.9 Å². The van der Waals surface area contributed by atoms with Crippen LogP contribution in [0, 0.1) is 0 Å². The van der Waals surface area contributed by atoms with Gasteiger partial charge in [0.25, 0.3) is 0 Å². The zero-order chi connectivity index (χ0) is 11.9.